The van der Waals surface area contributed by atoms with Gasteiger partial charge in [0.05, 0.1) is 18.3 Å². The van der Waals surface area contributed by atoms with Gasteiger partial charge in [-0.25, -0.2) is 0 Å². The second-order valence-electron chi connectivity index (χ2n) is 6.03. The van der Waals surface area contributed by atoms with Crippen LogP contribution in [0.4, 0.5) is 0 Å². The van der Waals surface area contributed by atoms with Gasteiger partial charge in [-0.2, -0.15) is 11.8 Å². The zero-order valence-corrected chi connectivity index (χ0v) is 16.0. The highest BCUT2D eigenvalue weighted by Crippen LogP contribution is 2.34. The van der Waals surface area contributed by atoms with Crippen molar-refractivity contribution in [2.75, 3.05) is 12.4 Å². The third-order valence-corrected chi connectivity index (χ3v) is 5.31. The second-order valence-corrected chi connectivity index (χ2v) is 8.00. The summed E-state index contributed by atoms with van der Waals surface area (Å²) >= 11 is 7.41. The highest BCUT2D eigenvalue weighted by atomic mass is 35.5. The van der Waals surface area contributed by atoms with E-state index in [0.717, 1.165) is 25.0 Å². The van der Waals surface area contributed by atoms with Crippen molar-refractivity contribution >= 4 is 29.1 Å². The van der Waals surface area contributed by atoms with Gasteiger partial charge in [0.1, 0.15) is 5.76 Å². The number of hydrogen-bond donors (Lipinski definition) is 1. The highest BCUT2D eigenvalue weighted by Gasteiger charge is 2.33. The molecule has 0 saturated heterocycles. The number of aliphatic hydroxyl groups excluding tert-OH is 1. The van der Waals surface area contributed by atoms with Gasteiger partial charge >= 0.3 is 0 Å². The number of thioether (sulfide) groups is 1. The SMILES string of the molecule is CCCC(OCC=CCl)C1=C(O)CC(CC(C)SCC)CC1=O. The molecule has 3 atom stereocenters. The molecule has 1 aliphatic carbocycles. The number of hydrogen-bond acceptors (Lipinski definition) is 4. The number of aliphatic hydroxyl groups is 1. The average Bonchev–Trinajstić information content (AvgIpc) is 2.47. The fourth-order valence-corrected chi connectivity index (χ4v) is 4.17. The lowest BCUT2D eigenvalue weighted by atomic mass is 9.82. The largest absolute Gasteiger partial charge is 0.512 e. The molecule has 0 fully saturated rings. The van der Waals surface area contributed by atoms with Crippen LogP contribution in [0.2, 0.25) is 0 Å². The quantitative estimate of drug-likeness (QED) is 0.578. The Morgan fingerprint density at radius 1 is 1.43 bits per heavy atom. The van der Waals surface area contributed by atoms with E-state index < -0.39 is 0 Å². The maximum Gasteiger partial charge on any atom is 0.165 e. The maximum absolute atomic E-state index is 12.6. The number of carbonyl (C=O) groups is 1. The first-order chi connectivity index (χ1) is 11.0. The maximum atomic E-state index is 12.6. The standard InChI is InChI=1S/C18H29ClO3S/c1-4-7-17(22-9-6-8-19)18-15(20)11-14(12-16(18)21)10-13(3)23-5-2/h6,8,13-14,17,20H,4-5,7,9-12H2,1-3H3. The van der Waals surface area contributed by atoms with Crippen molar-refractivity contribution in [3.05, 3.63) is 22.9 Å². The molecule has 0 spiro atoms. The summed E-state index contributed by atoms with van der Waals surface area (Å²) in [6.07, 6.45) is 5.06. The van der Waals surface area contributed by atoms with Gasteiger partial charge in [0, 0.05) is 23.6 Å². The molecule has 0 aromatic carbocycles. The van der Waals surface area contributed by atoms with Crippen LogP contribution < -0.4 is 0 Å². The fraction of sp³-hybridized carbons (Fsp3) is 0.722. The minimum atomic E-state index is -0.330. The van der Waals surface area contributed by atoms with Gasteiger partial charge < -0.3 is 9.84 Å². The Hall–Kier alpha value is -0.450. The van der Waals surface area contributed by atoms with E-state index in [1.807, 2.05) is 18.7 Å². The molecule has 0 amide bonds. The molecular weight excluding hydrogens is 332 g/mol. The first-order valence-corrected chi connectivity index (χ1v) is 9.95. The molecule has 132 valence electrons. The number of allylic oxidation sites excluding steroid dienone is 1. The molecule has 5 heteroatoms. The summed E-state index contributed by atoms with van der Waals surface area (Å²) in [6.45, 7) is 6.73. The summed E-state index contributed by atoms with van der Waals surface area (Å²) in [5.41, 5.74) is 1.89. The van der Waals surface area contributed by atoms with Gasteiger partial charge in [0.2, 0.25) is 0 Å². The van der Waals surface area contributed by atoms with E-state index in [9.17, 15) is 9.90 Å². The summed E-state index contributed by atoms with van der Waals surface area (Å²) in [4.78, 5) is 12.6. The lowest BCUT2D eigenvalue weighted by molar-refractivity contribution is -0.119. The zero-order chi connectivity index (χ0) is 17.2. The average molecular weight is 361 g/mol. The van der Waals surface area contributed by atoms with E-state index in [4.69, 9.17) is 16.3 Å². The van der Waals surface area contributed by atoms with Gasteiger partial charge in [-0.3, -0.25) is 4.79 Å². The molecule has 1 N–H and O–H groups in total. The molecular formula is C18H29ClO3S. The van der Waals surface area contributed by atoms with Crippen molar-refractivity contribution in [1.29, 1.82) is 0 Å². The Labute approximate surface area is 149 Å². The summed E-state index contributed by atoms with van der Waals surface area (Å²) < 4.78 is 5.74. The topological polar surface area (TPSA) is 46.5 Å². The summed E-state index contributed by atoms with van der Waals surface area (Å²) in [5, 5.41) is 11.0. The van der Waals surface area contributed by atoms with Crippen LogP contribution in [-0.2, 0) is 9.53 Å². The fourth-order valence-electron chi connectivity index (χ4n) is 3.12. The van der Waals surface area contributed by atoms with E-state index in [1.165, 1.54) is 5.54 Å². The van der Waals surface area contributed by atoms with Crippen LogP contribution in [0.5, 0.6) is 0 Å². The molecule has 1 aliphatic rings. The van der Waals surface area contributed by atoms with Gasteiger partial charge in [-0.15, -0.1) is 0 Å². The van der Waals surface area contributed by atoms with E-state index in [1.54, 1.807) is 6.08 Å². The van der Waals surface area contributed by atoms with Gasteiger partial charge in [-0.1, -0.05) is 38.8 Å². The smallest absolute Gasteiger partial charge is 0.165 e. The predicted molar refractivity (Wildman–Crippen MR) is 99.2 cm³/mol. The number of rotatable bonds is 10. The first-order valence-electron chi connectivity index (χ1n) is 8.46. The predicted octanol–water partition coefficient (Wildman–Crippen LogP) is 5.25. The molecule has 0 bridgehead atoms. The Balaban J connectivity index is 2.77. The van der Waals surface area contributed by atoms with E-state index in [0.29, 0.717) is 30.3 Å². The van der Waals surface area contributed by atoms with E-state index >= 15 is 0 Å². The van der Waals surface area contributed by atoms with Crippen molar-refractivity contribution < 1.29 is 14.6 Å². The molecule has 0 aromatic heterocycles. The number of ketones is 1. The Morgan fingerprint density at radius 2 is 2.17 bits per heavy atom. The van der Waals surface area contributed by atoms with Crippen LogP contribution in [0.15, 0.2) is 22.9 Å². The van der Waals surface area contributed by atoms with Gasteiger partial charge in [0.25, 0.3) is 0 Å². The van der Waals surface area contributed by atoms with E-state index in [-0.39, 0.29) is 23.6 Å². The second kappa shape index (κ2) is 11.2. The van der Waals surface area contributed by atoms with Crippen molar-refractivity contribution in [1.82, 2.24) is 0 Å². The molecule has 3 unspecified atom stereocenters. The van der Waals surface area contributed by atoms with Crippen LogP contribution in [0.1, 0.15) is 52.9 Å². The molecule has 23 heavy (non-hydrogen) atoms. The Kier molecular flexibility index (Phi) is 10.00. The van der Waals surface area contributed by atoms with Crippen LogP contribution >= 0.6 is 23.4 Å². The number of carbonyl (C=O) groups excluding carboxylic acids is 1. The molecule has 0 radical (unpaired) electrons. The van der Waals surface area contributed by atoms with Gasteiger partial charge in [-0.05, 0) is 30.6 Å². The van der Waals surface area contributed by atoms with Crippen molar-refractivity contribution in [2.45, 2.75) is 64.2 Å². The van der Waals surface area contributed by atoms with Crippen molar-refractivity contribution in [2.24, 2.45) is 5.92 Å². The van der Waals surface area contributed by atoms with Gasteiger partial charge in [0.15, 0.2) is 5.78 Å². The summed E-state index contributed by atoms with van der Waals surface area (Å²) in [5.74, 6) is 1.59. The summed E-state index contributed by atoms with van der Waals surface area (Å²) in [6, 6.07) is 0. The lowest BCUT2D eigenvalue weighted by Crippen LogP contribution is -2.30. The van der Waals surface area contributed by atoms with Crippen LogP contribution in [-0.4, -0.2) is 34.6 Å². The number of ether oxygens (including phenoxy) is 1. The molecule has 0 aliphatic heterocycles. The van der Waals surface area contributed by atoms with Crippen LogP contribution in [0, 0.1) is 5.92 Å². The molecule has 0 aromatic rings. The zero-order valence-electron chi connectivity index (χ0n) is 14.4. The molecule has 3 nitrogen and oxygen atoms in total. The minimum absolute atomic E-state index is 0.0424. The molecule has 0 heterocycles. The first kappa shape index (κ1) is 20.6. The highest BCUT2D eigenvalue weighted by molar-refractivity contribution is 7.99. The molecule has 1 rings (SSSR count). The number of halogens is 1. The monoisotopic (exact) mass is 360 g/mol. The van der Waals surface area contributed by atoms with Crippen LogP contribution in [0.25, 0.3) is 0 Å². The Morgan fingerprint density at radius 3 is 2.74 bits per heavy atom. The Bertz CT molecular complexity index is 434. The number of Topliss-reactive ketones (excluding diaryl/α,β-unsaturated/α-hetero) is 1. The summed E-state index contributed by atoms with van der Waals surface area (Å²) in [7, 11) is 0. The van der Waals surface area contributed by atoms with Crippen LogP contribution in [0.3, 0.4) is 0 Å². The molecule has 0 saturated carbocycles. The third kappa shape index (κ3) is 6.90. The third-order valence-electron chi connectivity index (χ3n) is 4.04. The van der Waals surface area contributed by atoms with E-state index in [2.05, 4.69) is 13.8 Å². The van der Waals surface area contributed by atoms with Crippen molar-refractivity contribution in [3.8, 4) is 0 Å². The minimum Gasteiger partial charge on any atom is -0.512 e. The normalized spacial score (nSPS) is 21.9. The lowest BCUT2D eigenvalue weighted by Gasteiger charge is -2.29. The van der Waals surface area contributed by atoms with Crippen molar-refractivity contribution in [3.63, 3.8) is 0 Å².